The molecule has 24 heavy (non-hydrogen) atoms. The maximum absolute atomic E-state index is 12.1. The third-order valence-corrected chi connectivity index (χ3v) is 5.71. The number of carbonyl (C=O) groups excluding carboxylic acids is 1. The van der Waals surface area contributed by atoms with Crippen molar-refractivity contribution < 1.29 is 17.7 Å². The SMILES string of the molecule is CN(C(=O)NCc1noc(-c2ccccc2)n1)C1CCS(=O)(=O)C1. The second kappa shape index (κ2) is 6.60. The van der Waals surface area contributed by atoms with E-state index in [1.807, 2.05) is 30.3 Å². The van der Waals surface area contributed by atoms with Crippen molar-refractivity contribution >= 4 is 15.9 Å². The first-order valence-corrected chi connectivity index (χ1v) is 9.36. The van der Waals surface area contributed by atoms with Gasteiger partial charge in [-0.1, -0.05) is 23.4 Å². The van der Waals surface area contributed by atoms with E-state index in [1.54, 1.807) is 7.05 Å². The van der Waals surface area contributed by atoms with Gasteiger partial charge in [-0.05, 0) is 18.6 Å². The van der Waals surface area contributed by atoms with Gasteiger partial charge in [-0.25, -0.2) is 13.2 Å². The number of hydrogen-bond donors (Lipinski definition) is 1. The summed E-state index contributed by atoms with van der Waals surface area (Å²) in [6, 6.07) is 8.68. The van der Waals surface area contributed by atoms with Gasteiger partial charge in [0.25, 0.3) is 5.89 Å². The van der Waals surface area contributed by atoms with Gasteiger partial charge >= 0.3 is 6.03 Å². The average Bonchev–Trinajstić information content (AvgIpc) is 3.19. The summed E-state index contributed by atoms with van der Waals surface area (Å²) in [6.07, 6.45) is 0.465. The van der Waals surface area contributed by atoms with Crippen LogP contribution in [0.2, 0.25) is 0 Å². The van der Waals surface area contributed by atoms with Crippen LogP contribution < -0.4 is 5.32 Å². The van der Waals surface area contributed by atoms with Crippen LogP contribution >= 0.6 is 0 Å². The van der Waals surface area contributed by atoms with Crippen LogP contribution in [0.1, 0.15) is 12.2 Å². The summed E-state index contributed by atoms with van der Waals surface area (Å²) >= 11 is 0. The third-order valence-electron chi connectivity index (χ3n) is 3.96. The molecule has 1 unspecified atom stereocenters. The highest BCUT2D eigenvalue weighted by Gasteiger charge is 2.32. The highest BCUT2D eigenvalue weighted by Crippen LogP contribution is 2.17. The molecule has 0 radical (unpaired) electrons. The molecule has 1 aromatic carbocycles. The Hall–Kier alpha value is -2.42. The number of sulfone groups is 1. The summed E-state index contributed by atoms with van der Waals surface area (Å²) in [5.74, 6) is 0.877. The molecule has 1 aliphatic heterocycles. The molecular weight excluding hydrogens is 332 g/mol. The maximum atomic E-state index is 12.1. The summed E-state index contributed by atoms with van der Waals surface area (Å²) in [5, 5.41) is 6.50. The van der Waals surface area contributed by atoms with E-state index in [9.17, 15) is 13.2 Å². The first kappa shape index (κ1) is 16.4. The van der Waals surface area contributed by atoms with Crippen molar-refractivity contribution in [2.75, 3.05) is 18.6 Å². The van der Waals surface area contributed by atoms with Crippen LogP contribution in [0.3, 0.4) is 0 Å². The molecule has 1 atom stereocenters. The highest BCUT2D eigenvalue weighted by molar-refractivity contribution is 7.91. The molecule has 3 rings (SSSR count). The molecule has 0 aliphatic carbocycles. The summed E-state index contributed by atoms with van der Waals surface area (Å²) in [6.45, 7) is 0.110. The molecule has 8 nitrogen and oxygen atoms in total. The second-order valence-electron chi connectivity index (χ2n) is 5.71. The van der Waals surface area contributed by atoms with E-state index in [0.29, 0.717) is 18.1 Å². The largest absolute Gasteiger partial charge is 0.334 e. The van der Waals surface area contributed by atoms with Gasteiger partial charge in [0.05, 0.1) is 18.1 Å². The number of hydrogen-bond acceptors (Lipinski definition) is 6. The number of nitrogens with zero attached hydrogens (tertiary/aromatic N) is 3. The number of amides is 2. The van der Waals surface area contributed by atoms with Gasteiger partial charge < -0.3 is 14.7 Å². The Balaban J connectivity index is 1.56. The first-order valence-electron chi connectivity index (χ1n) is 7.54. The molecule has 2 aromatic rings. The van der Waals surface area contributed by atoms with Crippen molar-refractivity contribution in [3.05, 3.63) is 36.2 Å². The predicted octanol–water partition coefficient (Wildman–Crippen LogP) is 1.07. The van der Waals surface area contributed by atoms with Crippen LogP contribution in [0.5, 0.6) is 0 Å². The van der Waals surface area contributed by atoms with Gasteiger partial charge in [0, 0.05) is 18.7 Å². The van der Waals surface area contributed by atoms with Crippen molar-refractivity contribution in [3.8, 4) is 11.5 Å². The number of aromatic nitrogens is 2. The molecule has 0 spiro atoms. The van der Waals surface area contributed by atoms with E-state index in [2.05, 4.69) is 15.5 Å². The van der Waals surface area contributed by atoms with E-state index in [0.717, 1.165) is 5.56 Å². The van der Waals surface area contributed by atoms with Gasteiger partial charge in [0.1, 0.15) is 0 Å². The minimum Gasteiger partial charge on any atom is -0.334 e. The van der Waals surface area contributed by atoms with Crippen LogP contribution in [-0.2, 0) is 16.4 Å². The van der Waals surface area contributed by atoms with Crippen LogP contribution in [0.4, 0.5) is 4.79 Å². The standard InChI is InChI=1S/C15H18N4O4S/c1-19(12-7-8-24(21,22)10-12)15(20)16-9-13-17-14(23-18-13)11-5-3-2-4-6-11/h2-6,12H,7-10H2,1H3,(H,16,20). The molecule has 1 N–H and O–H groups in total. The lowest BCUT2D eigenvalue weighted by atomic mass is 10.2. The topological polar surface area (TPSA) is 105 Å². The quantitative estimate of drug-likeness (QED) is 0.884. The Morgan fingerprint density at radius 3 is 2.79 bits per heavy atom. The molecule has 2 amide bonds. The monoisotopic (exact) mass is 350 g/mol. The summed E-state index contributed by atoms with van der Waals surface area (Å²) < 4.78 is 28.2. The zero-order valence-electron chi connectivity index (χ0n) is 13.2. The van der Waals surface area contributed by atoms with Gasteiger partial charge in [-0.2, -0.15) is 4.98 Å². The Morgan fingerprint density at radius 2 is 2.12 bits per heavy atom. The molecule has 1 fully saturated rings. The summed E-state index contributed by atoms with van der Waals surface area (Å²) in [4.78, 5) is 17.8. The third kappa shape index (κ3) is 3.73. The van der Waals surface area contributed by atoms with Crippen molar-refractivity contribution in [2.24, 2.45) is 0 Å². The molecule has 2 heterocycles. The fraction of sp³-hybridized carbons (Fsp3) is 0.400. The lowest BCUT2D eigenvalue weighted by Gasteiger charge is -2.23. The normalized spacial score (nSPS) is 19.1. The zero-order chi connectivity index (χ0) is 17.2. The van der Waals surface area contributed by atoms with Crippen molar-refractivity contribution in [3.63, 3.8) is 0 Å². The zero-order valence-corrected chi connectivity index (χ0v) is 14.0. The molecular formula is C15H18N4O4S. The van der Waals surface area contributed by atoms with E-state index in [1.165, 1.54) is 4.90 Å². The van der Waals surface area contributed by atoms with E-state index in [4.69, 9.17) is 4.52 Å². The smallest absolute Gasteiger partial charge is 0.317 e. The lowest BCUT2D eigenvalue weighted by molar-refractivity contribution is 0.194. The van der Waals surface area contributed by atoms with Gasteiger partial charge in [-0.3, -0.25) is 0 Å². The van der Waals surface area contributed by atoms with Crippen LogP contribution in [0.15, 0.2) is 34.9 Å². The number of urea groups is 1. The minimum absolute atomic E-state index is 0.0112. The molecule has 1 saturated heterocycles. The number of benzene rings is 1. The molecule has 128 valence electrons. The fourth-order valence-corrected chi connectivity index (χ4v) is 4.32. The highest BCUT2D eigenvalue weighted by atomic mass is 32.2. The van der Waals surface area contributed by atoms with E-state index < -0.39 is 9.84 Å². The maximum Gasteiger partial charge on any atom is 0.317 e. The Kier molecular flexibility index (Phi) is 4.52. The lowest BCUT2D eigenvalue weighted by Crippen LogP contribution is -2.44. The van der Waals surface area contributed by atoms with Crippen molar-refractivity contribution in [1.82, 2.24) is 20.4 Å². The molecule has 0 bridgehead atoms. The van der Waals surface area contributed by atoms with E-state index >= 15 is 0 Å². The van der Waals surface area contributed by atoms with Crippen LogP contribution in [0.25, 0.3) is 11.5 Å². The second-order valence-corrected chi connectivity index (χ2v) is 7.94. The Morgan fingerprint density at radius 1 is 1.38 bits per heavy atom. The summed E-state index contributed by atoms with van der Waals surface area (Å²) in [5.41, 5.74) is 0.802. The Labute approximate surface area is 139 Å². The van der Waals surface area contributed by atoms with Crippen molar-refractivity contribution in [2.45, 2.75) is 19.0 Å². The number of rotatable bonds is 4. The Bertz CT molecular complexity index is 819. The predicted molar refractivity (Wildman–Crippen MR) is 86.8 cm³/mol. The minimum atomic E-state index is -3.03. The fourth-order valence-electron chi connectivity index (χ4n) is 2.55. The summed E-state index contributed by atoms with van der Waals surface area (Å²) in [7, 11) is -1.44. The van der Waals surface area contributed by atoms with E-state index in [-0.39, 0.29) is 30.1 Å². The van der Waals surface area contributed by atoms with Crippen LogP contribution in [0, 0.1) is 0 Å². The van der Waals surface area contributed by atoms with Gasteiger partial charge in [0.15, 0.2) is 15.7 Å². The average molecular weight is 350 g/mol. The van der Waals surface area contributed by atoms with Crippen LogP contribution in [-0.4, -0.2) is 54.1 Å². The van der Waals surface area contributed by atoms with Crippen molar-refractivity contribution in [1.29, 1.82) is 0 Å². The molecule has 9 heteroatoms. The molecule has 1 aromatic heterocycles. The number of nitrogens with one attached hydrogen (secondary N) is 1. The van der Waals surface area contributed by atoms with Gasteiger partial charge in [0.2, 0.25) is 0 Å². The number of carbonyl (C=O) groups is 1. The first-order chi connectivity index (χ1) is 11.4. The van der Waals surface area contributed by atoms with Gasteiger partial charge in [-0.15, -0.1) is 0 Å². The molecule has 1 aliphatic rings. The molecule has 0 saturated carbocycles.